The van der Waals surface area contributed by atoms with Gasteiger partial charge in [0.1, 0.15) is 17.6 Å². The lowest BCUT2D eigenvalue weighted by atomic mass is 10.2. The van der Waals surface area contributed by atoms with Gasteiger partial charge < -0.3 is 14.6 Å². The molecular weight excluding hydrogens is 248 g/mol. The molecule has 2 aromatic rings. The number of morpholine rings is 1. The molecule has 0 unspecified atom stereocenters. The van der Waals surface area contributed by atoms with Gasteiger partial charge in [-0.15, -0.1) is 0 Å². The van der Waals surface area contributed by atoms with E-state index in [1.807, 2.05) is 6.92 Å². The van der Waals surface area contributed by atoms with Gasteiger partial charge >= 0.3 is 0 Å². The van der Waals surface area contributed by atoms with E-state index in [4.69, 9.17) is 4.74 Å². The summed E-state index contributed by atoms with van der Waals surface area (Å²) in [5.41, 5.74) is 0.479. The molecule has 0 aromatic carbocycles. The number of H-pyrrole nitrogens is 2. The molecule has 1 atom stereocenters. The van der Waals surface area contributed by atoms with Crippen LogP contribution in [0.4, 0.5) is 0 Å². The number of amides is 1. The van der Waals surface area contributed by atoms with Gasteiger partial charge in [0.15, 0.2) is 5.82 Å². The standard InChI is InChI=1S/C11H14N6O2/c1-7-14-10(16-15-7)9-5-17(2-3-19-9)11(18)8-4-12-6-13-8/h4,6,9H,2-3,5H2,1H3,(H,12,13)(H,14,15,16)/t9-/m0/s1. The van der Waals surface area contributed by atoms with E-state index in [2.05, 4.69) is 25.1 Å². The summed E-state index contributed by atoms with van der Waals surface area (Å²) in [6.07, 6.45) is 2.72. The molecule has 8 heteroatoms. The summed E-state index contributed by atoms with van der Waals surface area (Å²) in [5.74, 6) is 1.23. The second-order valence-electron chi connectivity index (χ2n) is 4.35. The maximum Gasteiger partial charge on any atom is 0.272 e. The highest BCUT2D eigenvalue weighted by Crippen LogP contribution is 2.20. The van der Waals surface area contributed by atoms with E-state index in [0.29, 0.717) is 31.2 Å². The van der Waals surface area contributed by atoms with Crippen LogP contribution in [-0.4, -0.2) is 55.7 Å². The van der Waals surface area contributed by atoms with Crippen LogP contribution in [0.15, 0.2) is 12.5 Å². The van der Waals surface area contributed by atoms with Gasteiger partial charge in [-0.25, -0.2) is 9.97 Å². The third-order valence-electron chi connectivity index (χ3n) is 2.98. The van der Waals surface area contributed by atoms with E-state index >= 15 is 0 Å². The first-order chi connectivity index (χ1) is 9.24. The van der Waals surface area contributed by atoms with Crippen LogP contribution in [-0.2, 0) is 4.74 Å². The van der Waals surface area contributed by atoms with Crippen molar-refractivity contribution in [3.63, 3.8) is 0 Å². The van der Waals surface area contributed by atoms with E-state index < -0.39 is 0 Å². The van der Waals surface area contributed by atoms with Crippen molar-refractivity contribution in [3.05, 3.63) is 29.9 Å². The second kappa shape index (κ2) is 4.81. The summed E-state index contributed by atoms with van der Waals surface area (Å²) < 4.78 is 5.61. The van der Waals surface area contributed by atoms with Gasteiger partial charge in [0.25, 0.3) is 5.91 Å². The van der Waals surface area contributed by atoms with Crippen LogP contribution in [0, 0.1) is 6.92 Å². The first kappa shape index (κ1) is 11.8. The molecule has 0 aliphatic carbocycles. The lowest BCUT2D eigenvalue weighted by Gasteiger charge is -2.31. The number of rotatable bonds is 2. The van der Waals surface area contributed by atoms with Gasteiger partial charge in [-0.3, -0.25) is 9.89 Å². The number of aromatic amines is 2. The van der Waals surface area contributed by atoms with Crippen molar-refractivity contribution in [2.45, 2.75) is 13.0 Å². The Morgan fingerprint density at radius 1 is 1.58 bits per heavy atom. The molecule has 2 aromatic heterocycles. The highest BCUT2D eigenvalue weighted by Gasteiger charge is 2.28. The van der Waals surface area contributed by atoms with Gasteiger partial charge in [0.05, 0.1) is 25.7 Å². The summed E-state index contributed by atoms with van der Waals surface area (Å²) in [5, 5.41) is 6.85. The summed E-state index contributed by atoms with van der Waals surface area (Å²) in [7, 11) is 0. The molecule has 0 radical (unpaired) electrons. The molecular formula is C11H14N6O2. The van der Waals surface area contributed by atoms with E-state index in [1.54, 1.807) is 4.90 Å². The average Bonchev–Trinajstić information content (AvgIpc) is 3.09. The fourth-order valence-corrected chi connectivity index (χ4v) is 2.04. The first-order valence-electron chi connectivity index (χ1n) is 6.02. The zero-order chi connectivity index (χ0) is 13.2. The number of carbonyl (C=O) groups excluding carboxylic acids is 1. The Morgan fingerprint density at radius 3 is 3.16 bits per heavy atom. The Balaban J connectivity index is 1.73. The molecule has 1 fully saturated rings. The van der Waals surface area contributed by atoms with Crippen LogP contribution in [0.25, 0.3) is 0 Å². The molecule has 0 bridgehead atoms. The predicted octanol–water partition coefficient (Wildman–Crippen LogP) is 0.0499. The third kappa shape index (κ3) is 2.34. The largest absolute Gasteiger partial charge is 0.366 e. The molecule has 1 aliphatic heterocycles. The van der Waals surface area contributed by atoms with Crippen LogP contribution in [0.3, 0.4) is 0 Å². The zero-order valence-electron chi connectivity index (χ0n) is 10.5. The fourth-order valence-electron chi connectivity index (χ4n) is 2.04. The first-order valence-corrected chi connectivity index (χ1v) is 6.02. The number of carbonyl (C=O) groups is 1. The van der Waals surface area contributed by atoms with E-state index in [-0.39, 0.29) is 12.0 Å². The molecule has 0 spiro atoms. The minimum Gasteiger partial charge on any atom is -0.366 e. The third-order valence-corrected chi connectivity index (χ3v) is 2.98. The van der Waals surface area contributed by atoms with Crippen LogP contribution in [0.2, 0.25) is 0 Å². The predicted molar refractivity (Wildman–Crippen MR) is 64.3 cm³/mol. The zero-order valence-corrected chi connectivity index (χ0v) is 10.5. The highest BCUT2D eigenvalue weighted by molar-refractivity contribution is 5.92. The molecule has 2 N–H and O–H groups in total. The Hall–Kier alpha value is -2.22. The average molecular weight is 262 g/mol. The molecule has 3 heterocycles. The van der Waals surface area contributed by atoms with Gasteiger partial charge in [-0.2, -0.15) is 5.10 Å². The Kier molecular flexibility index (Phi) is 3.00. The van der Waals surface area contributed by atoms with E-state index in [0.717, 1.165) is 5.82 Å². The van der Waals surface area contributed by atoms with E-state index in [1.165, 1.54) is 12.5 Å². The normalized spacial score (nSPS) is 19.6. The minimum atomic E-state index is -0.287. The van der Waals surface area contributed by atoms with Crippen molar-refractivity contribution in [1.29, 1.82) is 0 Å². The van der Waals surface area contributed by atoms with Crippen LogP contribution in [0.5, 0.6) is 0 Å². The molecule has 1 amide bonds. The lowest BCUT2D eigenvalue weighted by Crippen LogP contribution is -2.42. The Bertz CT molecular complexity index is 564. The van der Waals surface area contributed by atoms with E-state index in [9.17, 15) is 4.79 Å². The van der Waals surface area contributed by atoms with Crippen LogP contribution in [0.1, 0.15) is 28.2 Å². The smallest absolute Gasteiger partial charge is 0.272 e. The summed E-state index contributed by atoms with van der Waals surface area (Å²) in [4.78, 5) is 24.8. The monoisotopic (exact) mass is 262 g/mol. The van der Waals surface area contributed by atoms with Gasteiger partial charge in [0.2, 0.25) is 0 Å². The molecule has 0 saturated carbocycles. The van der Waals surface area contributed by atoms with Crippen molar-refractivity contribution in [2.75, 3.05) is 19.7 Å². The quantitative estimate of drug-likeness (QED) is 0.796. The molecule has 100 valence electrons. The number of hydrogen-bond donors (Lipinski definition) is 2. The lowest BCUT2D eigenvalue weighted by molar-refractivity contribution is -0.0268. The van der Waals surface area contributed by atoms with Crippen molar-refractivity contribution in [3.8, 4) is 0 Å². The van der Waals surface area contributed by atoms with Crippen LogP contribution < -0.4 is 0 Å². The van der Waals surface area contributed by atoms with Gasteiger partial charge in [0, 0.05) is 6.54 Å². The number of aromatic nitrogens is 5. The van der Waals surface area contributed by atoms with Gasteiger partial charge in [-0.05, 0) is 6.92 Å². The second-order valence-corrected chi connectivity index (χ2v) is 4.35. The fraction of sp³-hybridized carbons (Fsp3) is 0.455. The van der Waals surface area contributed by atoms with Crippen LogP contribution >= 0.6 is 0 Å². The highest BCUT2D eigenvalue weighted by atomic mass is 16.5. The molecule has 3 rings (SSSR count). The molecule has 1 aliphatic rings. The van der Waals surface area contributed by atoms with Crippen molar-refractivity contribution >= 4 is 5.91 Å². The molecule has 1 saturated heterocycles. The topological polar surface area (TPSA) is 99.8 Å². The number of ether oxygens (including phenoxy) is 1. The number of nitrogens with one attached hydrogen (secondary N) is 2. The summed E-state index contributed by atoms with van der Waals surface area (Å²) in [6.45, 7) is 3.29. The number of imidazole rings is 1. The molecule has 8 nitrogen and oxygen atoms in total. The molecule has 19 heavy (non-hydrogen) atoms. The maximum absolute atomic E-state index is 12.2. The van der Waals surface area contributed by atoms with Crippen molar-refractivity contribution in [2.24, 2.45) is 0 Å². The number of hydrogen-bond acceptors (Lipinski definition) is 5. The van der Waals surface area contributed by atoms with Crippen molar-refractivity contribution in [1.82, 2.24) is 30.0 Å². The minimum absolute atomic E-state index is 0.0851. The Labute approximate surface area is 109 Å². The Morgan fingerprint density at radius 2 is 2.47 bits per heavy atom. The maximum atomic E-state index is 12.2. The van der Waals surface area contributed by atoms with Crippen molar-refractivity contribution < 1.29 is 9.53 Å². The number of aryl methyl sites for hydroxylation is 1. The SMILES string of the molecule is Cc1nc([C@@H]2CN(C(=O)c3cnc[nH]3)CCO2)n[nH]1. The number of nitrogens with zero attached hydrogens (tertiary/aromatic N) is 4. The summed E-state index contributed by atoms with van der Waals surface area (Å²) >= 11 is 0. The summed E-state index contributed by atoms with van der Waals surface area (Å²) in [6, 6.07) is 0. The van der Waals surface area contributed by atoms with Gasteiger partial charge in [-0.1, -0.05) is 0 Å².